The zero-order chi connectivity index (χ0) is 18.1. The number of nitrogens with zero attached hydrogens (tertiary/aromatic N) is 3. The van der Waals surface area contributed by atoms with Crippen LogP contribution in [0.5, 0.6) is 0 Å². The molecule has 0 aliphatic rings. The predicted molar refractivity (Wildman–Crippen MR) is 99.1 cm³/mol. The number of oxazole rings is 1. The minimum absolute atomic E-state index is 0.474. The largest absolute Gasteiger partial charge is 0.417 e. The first-order chi connectivity index (χ1) is 12.6. The van der Waals surface area contributed by atoms with E-state index in [2.05, 4.69) is 30.6 Å². The number of nitrogens with one attached hydrogen (secondary N) is 3. The Kier molecular flexibility index (Phi) is 3.85. The van der Waals surface area contributed by atoms with Crippen molar-refractivity contribution in [1.29, 1.82) is 0 Å². The van der Waals surface area contributed by atoms with E-state index in [1.165, 1.54) is 0 Å². The van der Waals surface area contributed by atoms with Gasteiger partial charge in [-0.25, -0.2) is 9.78 Å². The second-order valence-corrected chi connectivity index (χ2v) is 5.89. The topological polar surface area (TPSA) is 109 Å². The number of hydrogen-bond donors (Lipinski definition) is 3. The van der Waals surface area contributed by atoms with Crippen LogP contribution in [0.15, 0.2) is 51.9 Å². The van der Waals surface area contributed by atoms with Crippen molar-refractivity contribution >= 4 is 34.2 Å². The summed E-state index contributed by atoms with van der Waals surface area (Å²) < 4.78 is 5.01. The Morgan fingerprint density at radius 1 is 1.04 bits per heavy atom. The van der Waals surface area contributed by atoms with Gasteiger partial charge in [-0.1, -0.05) is 0 Å². The van der Waals surface area contributed by atoms with Crippen molar-refractivity contribution in [3.8, 4) is 0 Å². The van der Waals surface area contributed by atoms with Crippen molar-refractivity contribution in [3.05, 3.63) is 64.5 Å². The van der Waals surface area contributed by atoms with E-state index >= 15 is 0 Å². The third-order valence-corrected chi connectivity index (χ3v) is 3.81. The molecule has 26 heavy (non-hydrogen) atoms. The molecule has 0 bridgehead atoms. The van der Waals surface area contributed by atoms with Gasteiger partial charge >= 0.3 is 5.76 Å². The fourth-order valence-electron chi connectivity index (χ4n) is 2.55. The van der Waals surface area contributed by atoms with E-state index in [9.17, 15) is 4.79 Å². The van der Waals surface area contributed by atoms with E-state index in [-0.39, 0.29) is 0 Å². The third-order valence-electron chi connectivity index (χ3n) is 3.81. The summed E-state index contributed by atoms with van der Waals surface area (Å²) in [5.74, 6) is 0.662. The van der Waals surface area contributed by atoms with Crippen molar-refractivity contribution in [3.63, 3.8) is 0 Å². The summed E-state index contributed by atoms with van der Waals surface area (Å²) in [5, 5.41) is 6.41. The fourth-order valence-corrected chi connectivity index (χ4v) is 2.55. The molecular formula is C18H16N6O2. The number of aromatic nitrogens is 4. The number of pyridine rings is 1. The molecule has 130 valence electrons. The van der Waals surface area contributed by atoms with Gasteiger partial charge in [-0.15, -0.1) is 0 Å². The number of anilines is 4. The molecule has 4 rings (SSSR count). The van der Waals surface area contributed by atoms with Gasteiger partial charge < -0.3 is 15.1 Å². The summed E-state index contributed by atoms with van der Waals surface area (Å²) in [7, 11) is 0. The summed E-state index contributed by atoms with van der Waals surface area (Å²) in [6.45, 7) is 3.84. The molecule has 8 heteroatoms. The Morgan fingerprint density at radius 3 is 2.73 bits per heavy atom. The van der Waals surface area contributed by atoms with Crippen molar-refractivity contribution in [2.75, 3.05) is 10.6 Å². The lowest BCUT2D eigenvalue weighted by atomic mass is 10.2. The highest BCUT2D eigenvalue weighted by atomic mass is 16.4. The van der Waals surface area contributed by atoms with Gasteiger partial charge in [-0.05, 0) is 44.2 Å². The molecule has 0 aliphatic carbocycles. The molecule has 0 fully saturated rings. The molecule has 0 saturated carbocycles. The standard InChI is InChI=1S/C18H16N6O2/c1-10-9-20-17(22-13-5-6-19-11(2)7-13)24-16(10)21-12-3-4-15-14(8-12)23-18(25)26-15/h3-9H,1-2H3,(H,23,25)(H2,19,20,21,22,24). The zero-order valence-electron chi connectivity index (χ0n) is 14.2. The van der Waals surface area contributed by atoms with Gasteiger partial charge in [-0.3, -0.25) is 9.97 Å². The SMILES string of the molecule is Cc1cc(Nc2ncc(C)c(Nc3ccc4oc(=O)[nH]c4c3)n2)ccn1. The van der Waals surface area contributed by atoms with Crippen molar-refractivity contribution < 1.29 is 4.42 Å². The average Bonchev–Trinajstić information content (AvgIpc) is 2.97. The van der Waals surface area contributed by atoms with Crippen LogP contribution in [0, 0.1) is 13.8 Å². The van der Waals surface area contributed by atoms with Gasteiger partial charge in [-0.2, -0.15) is 4.98 Å². The number of hydrogen-bond acceptors (Lipinski definition) is 7. The molecular weight excluding hydrogens is 332 g/mol. The van der Waals surface area contributed by atoms with Gasteiger partial charge in [0.15, 0.2) is 5.58 Å². The lowest BCUT2D eigenvalue weighted by molar-refractivity contribution is 0.555. The van der Waals surface area contributed by atoms with E-state index in [0.717, 1.165) is 22.6 Å². The molecule has 0 atom stereocenters. The predicted octanol–water partition coefficient (Wildman–Crippen LogP) is 3.41. The Morgan fingerprint density at radius 2 is 1.88 bits per heavy atom. The quantitative estimate of drug-likeness (QED) is 0.518. The van der Waals surface area contributed by atoms with Crippen LogP contribution < -0.4 is 16.4 Å². The minimum atomic E-state index is -0.477. The van der Waals surface area contributed by atoms with Crippen LogP contribution in [-0.2, 0) is 0 Å². The molecule has 3 heterocycles. The lowest BCUT2D eigenvalue weighted by Gasteiger charge is -2.11. The van der Waals surface area contributed by atoms with E-state index in [0.29, 0.717) is 22.9 Å². The molecule has 1 aromatic carbocycles. The van der Waals surface area contributed by atoms with Crippen molar-refractivity contribution in [2.24, 2.45) is 0 Å². The highest BCUT2D eigenvalue weighted by molar-refractivity contribution is 5.78. The van der Waals surface area contributed by atoms with Crippen LogP contribution >= 0.6 is 0 Å². The van der Waals surface area contributed by atoms with E-state index < -0.39 is 5.76 Å². The van der Waals surface area contributed by atoms with Crippen LogP contribution in [0.1, 0.15) is 11.3 Å². The van der Waals surface area contributed by atoms with Crippen molar-refractivity contribution in [2.45, 2.75) is 13.8 Å². The number of aromatic amines is 1. The summed E-state index contributed by atoms with van der Waals surface area (Å²) in [5.41, 5.74) is 4.57. The summed E-state index contributed by atoms with van der Waals surface area (Å²) >= 11 is 0. The first kappa shape index (κ1) is 15.8. The number of rotatable bonds is 4. The highest BCUT2D eigenvalue weighted by Gasteiger charge is 2.07. The molecule has 0 radical (unpaired) electrons. The zero-order valence-corrected chi connectivity index (χ0v) is 14.2. The monoisotopic (exact) mass is 348 g/mol. The smallest absolute Gasteiger partial charge is 0.408 e. The molecule has 3 aromatic heterocycles. The Labute approximate surface area is 148 Å². The van der Waals surface area contributed by atoms with Gasteiger partial charge in [0.2, 0.25) is 5.95 Å². The summed E-state index contributed by atoms with van der Waals surface area (Å²) in [6, 6.07) is 9.11. The lowest BCUT2D eigenvalue weighted by Crippen LogP contribution is -2.03. The number of aryl methyl sites for hydroxylation is 2. The summed E-state index contributed by atoms with van der Waals surface area (Å²) in [4.78, 5) is 26.9. The molecule has 3 N–H and O–H groups in total. The Hall–Kier alpha value is -3.68. The van der Waals surface area contributed by atoms with E-state index in [4.69, 9.17) is 4.42 Å². The maximum Gasteiger partial charge on any atom is 0.417 e. The van der Waals surface area contributed by atoms with Gasteiger partial charge in [0.1, 0.15) is 5.82 Å². The Bertz CT molecular complexity index is 1150. The summed E-state index contributed by atoms with van der Waals surface area (Å²) in [6.07, 6.45) is 3.47. The number of fused-ring (bicyclic) bond motifs is 1. The fraction of sp³-hybridized carbons (Fsp3) is 0.111. The third kappa shape index (κ3) is 3.25. The Balaban J connectivity index is 1.61. The second kappa shape index (κ2) is 6.32. The van der Waals surface area contributed by atoms with E-state index in [1.807, 2.05) is 32.0 Å². The van der Waals surface area contributed by atoms with Gasteiger partial charge in [0.25, 0.3) is 0 Å². The number of benzene rings is 1. The van der Waals surface area contributed by atoms with Crippen LogP contribution in [0.2, 0.25) is 0 Å². The first-order valence-corrected chi connectivity index (χ1v) is 8.00. The van der Waals surface area contributed by atoms with Crippen LogP contribution in [-0.4, -0.2) is 19.9 Å². The first-order valence-electron chi connectivity index (χ1n) is 8.00. The van der Waals surface area contributed by atoms with Crippen molar-refractivity contribution in [1.82, 2.24) is 19.9 Å². The minimum Gasteiger partial charge on any atom is -0.408 e. The molecule has 8 nitrogen and oxygen atoms in total. The second-order valence-electron chi connectivity index (χ2n) is 5.89. The van der Waals surface area contributed by atoms with Gasteiger partial charge in [0.05, 0.1) is 5.52 Å². The molecule has 0 spiro atoms. The van der Waals surface area contributed by atoms with Crippen LogP contribution in [0.25, 0.3) is 11.1 Å². The maximum atomic E-state index is 11.3. The molecule has 4 aromatic rings. The molecule has 0 saturated heterocycles. The molecule has 0 amide bonds. The molecule has 0 aliphatic heterocycles. The van der Waals surface area contributed by atoms with E-state index in [1.54, 1.807) is 24.5 Å². The normalized spacial score (nSPS) is 10.8. The highest BCUT2D eigenvalue weighted by Crippen LogP contribution is 2.23. The average molecular weight is 348 g/mol. The van der Waals surface area contributed by atoms with Crippen LogP contribution in [0.4, 0.5) is 23.1 Å². The maximum absolute atomic E-state index is 11.3. The van der Waals surface area contributed by atoms with Gasteiger partial charge in [0, 0.05) is 35.0 Å². The molecule has 0 unspecified atom stereocenters. The van der Waals surface area contributed by atoms with Crippen LogP contribution in [0.3, 0.4) is 0 Å². The number of H-pyrrole nitrogens is 1.